The molecule has 1 amide bonds. The van der Waals surface area contributed by atoms with Crippen molar-refractivity contribution in [2.45, 2.75) is 66.3 Å². The van der Waals surface area contributed by atoms with Gasteiger partial charge in [-0.3, -0.25) is 14.4 Å². The summed E-state index contributed by atoms with van der Waals surface area (Å²) in [4.78, 5) is 35.5. The van der Waals surface area contributed by atoms with Gasteiger partial charge in [-0.05, 0) is 79.8 Å². The summed E-state index contributed by atoms with van der Waals surface area (Å²) in [6.07, 6.45) is 3.51. The molecule has 0 bridgehead atoms. The number of likely N-dealkylation sites (N-methyl/N-ethyl adjacent to an activating group) is 1. The molecule has 7 nitrogen and oxygen atoms in total. The quantitative estimate of drug-likeness (QED) is 0.231. The maximum Gasteiger partial charge on any atom is 0.305 e. The number of aliphatic carboxylic acids is 1. The Bertz CT molecular complexity index is 1280. The smallest absolute Gasteiger partial charge is 0.305 e. The number of hydrogen-bond acceptors (Lipinski definition) is 3. The van der Waals surface area contributed by atoms with Crippen LogP contribution in [-0.4, -0.2) is 41.7 Å². The molecule has 2 aromatic carbocycles. The maximum absolute atomic E-state index is 12.5. The van der Waals surface area contributed by atoms with Gasteiger partial charge in [0.15, 0.2) is 0 Å². The maximum atomic E-state index is 12.5. The Morgan fingerprint density at radius 2 is 1.61 bits per heavy atom. The van der Waals surface area contributed by atoms with Crippen LogP contribution in [0.2, 0.25) is 0 Å². The zero-order chi connectivity index (χ0) is 29.7. The summed E-state index contributed by atoms with van der Waals surface area (Å²) in [6, 6.07) is 17.8. The van der Waals surface area contributed by atoms with Gasteiger partial charge in [0.25, 0.3) is 5.56 Å². The molecular weight excluding hydrogens is 686 g/mol. The number of aryl methyl sites for hydroxylation is 3. The number of hydrogen-bond donors (Lipinski definition) is 2. The van der Waals surface area contributed by atoms with E-state index in [0.29, 0.717) is 25.3 Å². The van der Waals surface area contributed by atoms with E-state index in [1.165, 1.54) is 38.5 Å². The van der Waals surface area contributed by atoms with Crippen LogP contribution in [0.5, 0.6) is 0 Å². The van der Waals surface area contributed by atoms with Crippen molar-refractivity contribution in [1.82, 2.24) is 9.88 Å². The first kappa shape index (κ1) is 36.0. The van der Waals surface area contributed by atoms with Crippen LogP contribution >= 0.6 is 0 Å². The summed E-state index contributed by atoms with van der Waals surface area (Å²) in [5.41, 5.74) is 7.41. The Balaban J connectivity index is 0.000000446. The Hall–Kier alpha value is -3.02. The van der Waals surface area contributed by atoms with Crippen LogP contribution in [0.4, 0.5) is 0 Å². The van der Waals surface area contributed by atoms with Crippen LogP contribution in [0, 0.1) is 26.7 Å². The molecule has 0 aliphatic carbocycles. The molecule has 2 N–H and O–H groups in total. The number of rotatable bonds is 12. The van der Waals surface area contributed by atoms with Gasteiger partial charge in [-0.2, -0.15) is 7.05 Å². The molecule has 1 heterocycles. The average Bonchev–Trinajstić information content (AvgIpc) is 2.88. The monoisotopic (exact) mass is 730 g/mol. The summed E-state index contributed by atoms with van der Waals surface area (Å²) in [5, 5.41) is 15.3. The van der Waals surface area contributed by atoms with Crippen LogP contribution in [0.1, 0.15) is 61.4 Å². The van der Waals surface area contributed by atoms with Gasteiger partial charge in [0, 0.05) is 39.9 Å². The Labute approximate surface area is 259 Å². The zero-order valence-corrected chi connectivity index (χ0v) is 28.1. The van der Waals surface area contributed by atoms with Gasteiger partial charge in [0.05, 0.1) is 6.42 Å². The Morgan fingerprint density at radius 3 is 2.15 bits per heavy atom. The van der Waals surface area contributed by atoms with E-state index in [-0.39, 0.29) is 45.5 Å². The molecule has 8 heteroatoms. The van der Waals surface area contributed by atoms with E-state index < -0.39 is 12.0 Å². The van der Waals surface area contributed by atoms with Crippen molar-refractivity contribution >= 4 is 11.9 Å². The second-order valence-corrected chi connectivity index (χ2v) is 10.6. The van der Waals surface area contributed by atoms with Crippen LogP contribution in [0.25, 0.3) is 16.4 Å². The Morgan fingerprint density at radius 1 is 0.976 bits per heavy atom. The molecule has 0 aliphatic heterocycles. The number of amides is 1. The van der Waals surface area contributed by atoms with E-state index in [0.717, 1.165) is 12.0 Å². The molecule has 0 fully saturated rings. The number of carboxylic acid groups (broad SMARTS) is 1. The Kier molecular flexibility index (Phi) is 16.2. The molecule has 222 valence electrons. The van der Waals surface area contributed by atoms with Gasteiger partial charge in [0.1, 0.15) is 6.04 Å². The number of aromatic nitrogens is 1. The molecule has 1 unspecified atom stereocenters. The SMILES string of the molecule is C[N-]CCc1ccn(C(CCC(C)C)C(=O)NCCC(=O)O)c(=O)c1.Cc1cc(C)c(-c2ccccc2)c(C)c1.[W]. The first-order valence-corrected chi connectivity index (χ1v) is 13.9. The number of carbonyl (C=O) groups excluding carboxylic acids is 1. The third-order valence-electron chi connectivity index (χ3n) is 6.67. The fourth-order valence-electron chi connectivity index (χ4n) is 4.72. The van der Waals surface area contributed by atoms with Crippen LogP contribution in [0.3, 0.4) is 0 Å². The van der Waals surface area contributed by atoms with Crippen molar-refractivity contribution in [3.05, 3.63) is 98.7 Å². The second kappa shape index (κ2) is 18.4. The zero-order valence-electron chi connectivity index (χ0n) is 25.1. The first-order valence-electron chi connectivity index (χ1n) is 13.9. The van der Waals surface area contributed by atoms with Crippen molar-refractivity contribution in [1.29, 1.82) is 0 Å². The third kappa shape index (κ3) is 12.2. The molecule has 1 aromatic heterocycles. The summed E-state index contributed by atoms with van der Waals surface area (Å²) in [7, 11) is 1.73. The van der Waals surface area contributed by atoms with Gasteiger partial charge in [0.2, 0.25) is 5.91 Å². The molecule has 1 atom stereocenters. The summed E-state index contributed by atoms with van der Waals surface area (Å²) < 4.78 is 1.44. The minimum Gasteiger partial charge on any atom is -0.665 e. The minimum atomic E-state index is -0.970. The number of carboxylic acids is 1. The van der Waals surface area contributed by atoms with E-state index in [4.69, 9.17) is 5.11 Å². The average molecular weight is 731 g/mol. The van der Waals surface area contributed by atoms with Crippen molar-refractivity contribution in [2.75, 3.05) is 20.1 Å². The van der Waals surface area contributed by atoms with Gasteiger partial charge >= 0.3 is 5.97 Å². The largest absolute Gasteiger partial charge is 0.665 e. The molecule has 3 rings (SSSR count). The van der Waals surface area contributed by atoms with Crippen LogP contribution in [0.15, 0.2) is 65.6 Å². The summed E-state index contributed by atoms with van der Waals surface area (Å²) in [6.45, 7) is 11.3. The number of nitrogens with zero attached hydrogens (tertiary/aromatic N) is 2. The number of pyridine rings is 1. The van der Waals surface area contributed by atoms with Crippen molar-refractivity contribution in [3.63, 3.8) is 0 Å². The molecule has 0 radical (unpaired) electrons. The van der Waals surface area contributed by atoms with Crippen LogP contribution < -0.4 is 10.9 Å². The molecule has 0 saturated heterocycles. The second-order valence-electron chi connectivity index (χ2n) is 10.6. The van der Waals surface area contributed by atoms with Gasteiger partial charge < -0.3 is 20.3 Å². The van der Waals surface area contributed by atoms with E-state index in [1.807, 2.05) is 6.07 Å². The predicted molar refractivity (Wildman–Crippen MR) is 163 cm³/mol. The number of benzene rings is 2. The van der Waals surface area contributed by atoms with E-state index in [2.05, 4.69) is 87.7 Å². The van der Waals surface area contributed by atoms with E-state index in [9.17, 15) is 14.4 Å². The number of nitrogens with one attached hydrogen (secondary N) is 1. The van der Waals surface area contributed by atoms with Gasteiger partial charge in [-0.15, -0.1) is 6.54 Å². The topological polar surface area (TPSA) is 102 Å². The van der Waals surface area contributed by atoms with Gasteiger partial charge in [-0.25, -0.2) is 0 Å². The minimum absolute atomic E-state index is 0. The molecule has 0 aliphatic rings. The first-order chi connectivity index (χ1) is 19.0. The van der Waals surface area contributed by atoms with Gasteiger partial charge in [-0.1, -0.05) is 61.9 Å². The molecule has 3 aromatic rings. The van der Waals surface area contributed by atoms with E-state index in [1.54, 1.807) is 13.2 Å². The fourth-order valence-corrected chi connectivity index (χ4v) is 4.72. The number of carbonyl (C=O) groups is 2. The fraction of sp³-hybridized carbons (Fsp3) is 0.424. The molecule has 0 saturated carbocycles. The van der Waals surface area contributed by atoms with Crippen LogP contribution in [-0.2, 0) is 37.1 Å². The third-order valence-corrected chi connectivity index (χ3v) is 6.67. The summed E-state index contributed by atoms with van der Waals surface area (Å²) in [5.74, 6) is -0.891. The van der Waals surface area contributed by atoms with Crippen molar-refractivity contribution < 1.29 is 35.8 Å². The molecule has 41 heavy (non-hydrogen) atoms. The summed E-state index contributed by atoms with van der Waals surface area (Å²) >= 11 is 0. The van der Waals surface area contributed by atoms with Crippen molar-refractivity contribution in [2.24, 2.45) is 5.92 Å². The normalized spacial score (nSPS) is 11.2. The predicted octanol–water partition coefficient (Wildman–Crippen LogP) is 6.24. The molecular formula is C33H44N3O4W-. The standard InChI is InChI=1S/C18H28N3O4.C15H16.W/c1-13(2)4-5-15(18(25)20-10-7-17(23)24)21-11-8-14(6-9-19-3)12-16(21)22;1-11-9-12(2)15(13(3)10-11)14-7-5-4-6-8-14;/h8,11-13,15H,4-7,9-10H2,1-3H3,(H,20,25)(H,23,24);4-10H,1-3H3;/q-1;;. The van der Waals surface area contributed by atoms with E-state index >= 15 is 0 Å². The molecule has 0 spiro atoms. The van der Waals surface area contributed by atoms with Crippen molar-refractivity contribution in [3.8, 4) is 11.1 Å².